The standard InChI is InChI=1S/C17H30N2O/c1-14(2)11-16(15-9-7-6-8-10-15)18-12-17(3,20)13-19(4)5/h6-10,14,16,18,20H,11-13H2,1-5H3. The van der Waals surface area contributed by atoms with E-state index in [1.54, 1.807) is 0 Å². The third-order valence-corrected chi connectivity index (χ3v) is 3.30. The predicted molar refractivity (Wildman–Crippen MR) is 85.8 cm³/mol. The van der Waals surface area contributed by atoms with Crippen LogP contribution in [0.3, 0.4) is 0 Å². The first-order valence-electron chi connectivity index (χ1n) is 7.45. The van der Waals surface area contributed by atoms with Crippen LogP contribution in [0.5, 0.6) is 0 Å². The van der Waals surface area contributed by atoms with Gasteiger partial charge in [-0.1, -0.05) is 44.2 Å². The van der Waals surface area contributed by atoms with Crippen LogP contribution in [0.2, 0.25) is 0 Å². The fourth-order valence-corrected chi connectivity index (χ4v) is 2.57. The number of nitrogens with one attached hydrogen (secondary N) is 1. The van der Waals surface area contributed by atoms with Crippen LogP contribution < -0.4 is 5.32 Å². The highest BCUT2D eigenvalue weighted by Gasteiger charge is 2.23. The fraction of sp³-hybridized carbons (Fsp3) is 0.647. The first kappa shape index (κ1) is 17.2. The Morgan fingerprint density at radius 1 is 1.20 bits per heavy atom. The zero-order chi connectivity index (χ0) is 15.2. The molecule has 0 aliphatic heterocycles. The Morgan fingerprint density at radius 3 is 2.30 bits per heavy atom. The number of hydrogen-bond acceptors (Lipinski definition) is 3. The van der Waals surface area contributed by atoms with Crippen LogP contribution in [0.4, 0.5) is 0 Å². The number of benzene rings is 1. The molecule has 2 N–H and O–H groups in total. The Bertz CT molecular complexity index is 374. The molecule has 0 spiro atoms. The molecule has 20 heavy (non-hydrogen) atoms. The van der Waals surface area contributed by atoms with E-state index in [9.17, 15) is 5.11 Å². The third kappa shape index (κ3) is 6.51. The van der Waals surface area contributed by atoms with Gasteiger partial charge in [-0.15, -0.1) is 0 Å². The Hall–Kier alpha value is -0.900. The summed E-state index contributed by atoms with van der Waals surface area (Å²) in [5, 5.41) is 13.9. The summed E-state index contributed by atoms with van der Waals surface area (Å²) in [6.07, 6.45) is 1.07. The molecule has 0 radical (unpaired) electrons. The van der Waals surface area contributed by atoms with Gasteiger partial charge in [0.15, 0.2) is 0 Å². The van der Waals surface area contributed by atoms with Crippen LogP contribution in [-0.4, -0.2) is 42.8 Å². The van der Waals surface area contributed by atoms with Gasteiger partial charge in [0, 0.05) is 19.1 Å². The van der Waals surface area contributed by atoms with Crippen LogP contribution in [0.15, 0.2) is 30.3 Å². The van der Waals surface area contributed by atoms with Gasteiger partial charge in [-0.05, 0) is 38.9 Å². The van der Waals surface area contributed by atoms with E-state index in [-0.39, 0.29) is 0 Å². The van der Waals surface area contributed by atoms with Crippen LogP contribution in [0.25, 0.3) is 0 Å². The van der Waals surface area contributed by atoms with Gasteiger partial charge in [-0.2, -0.15) is 0 Å². The smallest absolute Gasteiger partial charge is 0.0869 e. The minimum Gasteiger partial charge on any atom is -0.388 e. The topological polar surface area (TPSA) is 35.5 Å². The molecule has 0 bridgehead atoms. The van der Waals surface area contributed by atoms with E-state index < -0.39 is 5.60 Å². The average molecular weight is 278 g/mol. The lowest BCUT2D eigenvalue weighted by Crippen LogP contribution is -2.46. The van der Waals surface area contributed by atoms with Crippen LogP contribution >= 0.6 is 0 Å². The Labute approximate surface area is 124 Å². The molecule has 0 fully saturated rings. The number of rotatable bonds is 8. The zero-order valence-electron chi connectivity index (χ0n) is 13.6. The van der Waals surface area contributed by atoms with E-state index in [0.29, 0.717) is 25.0 Å². The molecular formula is C17H30N2O. The van der Waals surface area contributed by atoms with Gasteiger partial charge in [0.2, 0.25) is 0 Å². The zero-order valence-corrected chi connectivity index (χ0v) is 13.6. The van der Waals surface area contributed by atoms with Crippen LogP contribution in [0.1, 0.15) is 38.8 Å². The number of aliphatic hydroxyl groups is 1. The van der Waals surface area contributed by atoms with E-state index in [0.717, 1.165) is 6.42 Å². The summed E-state index contributed by atoms with van der Waals surface area (Å²) in [5.41, 5.74) is 0.579. The molecule has 3 heteroatoms. The van der Waals surface area contributed by atoms with E-state index in [1.807, 2.05) is 32.0 Å². The van der Waals surface area contributed by atoms with E-state index in [1.165, 1.54) is 5.56 Å². The summed E-state index contributed by atoms with van der Waals surface area (Å²) in [6, 6.07) is 10.8. The second-order valence-corrected chi connectivity index (χ2v) is 6.71. The van der Waals surface area contributed by atoms with E-state index in [4.69, 9.17) is 0 Å². The number of likely N-dealkylation sites (N-methyl/N-ethyl adjacent to an activating group) is 1. The monoisotopic (exact) mass is 278 g/mol. The van der Waals surface area contributed by atoms with Crippen molar-refractivity contribution in [1.29, 1.82) is 0 Å². The lowest BCUT2D eigenvalue weighted by molar-refractivity contribution is 0.0306. The largest absolute Gasteiger partial charge is 0.388 e. The third-order valence-electron chi connectivity index (χ3n) is 3.30. The van der Waals surface area contributed by atoms with E-state index >= 15 is 0 Å². The molecule has 0 aliphatic rings. The quantitative estimate of drug-likeness (QED) is 0.767. The van der Waals surface area contributed by atoms with Gasteiger partial charge < -0.3 is 15.3 Å². The summed E-state index contributed by atoms with van der Waals surface area (Å²) >= 11 is 0. The highest BCUT2D eigenvalue weighted by molar-refractivity contribution is 5.19. The lowest BCUT2D eigenvalue weighted by Gasteiger charge is -2.30. The molecule has 1 aromatic carbocycles. The molecule has 0 heterocycles. The molecule has 2 atom stereocenters. The van der Waals surface area contributed by atoms with E-state index in [2.05, 4.69) is 43.4 Å². The van der Waals surface area contributed by atoms with Crippen molar-refractivity contribution in [2.24, 2.45) is 5.92 Å². The van der Waals surface area contributed by atoms with Crippen molar-refractivity contribution in [3.8, 4) is 0 Å². The van der Waals surface area contributed by atoms with Gasteiger partial charge in [0.25, 0.3) is 0 Å². The first-order valence-corrected chi connectivity index (χ1v) is 7.45. The van der Waals surface area contributed by atoms with Gasteiger partial charge in [-0.25, -0.2) is 0 Å². The summed E-state index contributed by atoms with van der Waals surface area (Å²) in [7, 11) is 3.97. The molecule has 1 aromatic rings. The maximum atomic E-state index is 10.4. The van der Waals surface area contributed by atoms with Gasteiger partial charge in [0.1, 0.15) is 0 Å². The molecule has 0 saturated carbocycles. The molecular weight excluding hydrogens is 248 g/mol. The van der Waals surface area contributed by atoms with Gasteiger partial charge >= 0.3 is 0 Å². The molecule has 1 rings (SSSR count). The van der Waals surface area contributed by atoms with Crippen molar-refractivity contribution in [2.75, 3.05) is 27.2 Å². The normalized spacial score (nSPS) is 16.4. The van der Waals surface area contributed by atoms with Crippen LogP contribution in [0, 0.1) is 5.92 Å². The molecule has 0 aromatic heterocycles. The predicted octanol–water partition coefficient (Wildman–Crippen LogP) is 2.68. The van der Waals surface area contributed by atoms with Crippen molar-refractivity contribution in [2.45, 2.75) is 38.8 Å². The number of hydrogen-bond donors (Lipinski definition) is 2. The maximum absolute atomic E-state index is 10.4. The molecule has 2 unspecified atom stereocenters. The molecule has 0 saturated heterocycles. The average Bonchev–Trinajstić information content (AvgIpc) is 2.33. The van der Waals surface area contributed by atoms with Crippen molar-refractivity contribution < 1.29 is 5.11 Å². The second-order valence-electron chi connectivity index (χ2n) is 6.71. The van der Waals surface area contributed by atoms with Crippen molar-refractivity contribution in [3.05, 3.63) is 35.9 Å². The second kappa shape index (κ2) is 7.77. The molecule has 114 valence electrons. The summed E-state index contributed by atoms with van der Waals surface area (Å²) in [5.74, 6) is 0.617. The molecule has 3 nitrogen and oxygen atoms in total. The summed E-state index contributed by atoms with van der Waals surface area (Å²) in [6.45, 7) is 7.60. The Morgan fingerprint density at radius 2 is 1.80 bits per heavy atom. The molecule has 0 amide bonds. The summed E-state index contributed by atoms with van der Waals surface area (Å²) in [4.78, 5) is 2.02. The Kier molecular flexibility index (Phi) is 6.66. The van der Waals surface area contributed by atoms with Gasteiger partial charge in [-0.3, -0.25) is 0 Å². The minimum absolute atomic E-state index is 0.296. The van der Waals surface area contributed by atoms with Crippen molar-refractivity contribution in [1.82, 2.24) is 10.2 Å². The van der Waals surface area contributed by atoms with Crippen LogP contribution in [-0.2, 0) is 0 Å². The first-order chi connectivity index (χ1) is 9.30. The summed E-state index contributed by atoms with van der Waals surface area (Å²) < 4.78 is 0. The highest BCUT2D eigenvalue weighted by Crippen LogP contribution is 2.21. The molecule has 0 aliphatic carbocycles. The SMILES string of the molecule is CC(C)CC(NCC(C)(O)CN(C)C)c1ccccc1. The number of nitrogens with zero attached hydrogens (tertiary/aromatic N) is 1. The minimum atomic E-state index is -0.715. The fourth-order valence-electron chi connectivity index (χ4n) is 2.57. The lowest BCUT2D eigenvalue weighted by atomic mass is 9.96. The highest BCUT2D eigenvalue weighted by atomic mass is 16.3. The van der Waals surface area contributed by atoms with Gasteiger partial charge in [0.05, 0.1) is 5.60 Å². The maximum Gasteiger partial charge on any atom is 0.0869 e. The van der Waals surface area contributed by atoms with Crippen molar-refractivity contribution >= 4 is 0 Å². The Balaban J connectivity index is 2.67. The van der Waals surface area contributed by atoms with Crippen molar-refractivity contribution in [3.63, 3.8) is 0 Å².